The van der Waals surface area contributed by atoms with Gasteiger partial charge in [0.1, 0.15) is 0 Å². The second-order valence-electron chi connectivity index (χ2n) is 2.77. The molecule has 3 nitrogen and oxygen atoms in total. The maximum atomic E-state index is 10.9. The van der Waals surface area contributed by atoms with Crippen molar-refractivity contribution >= 4 is 5.91 Å². The molecule has 0 saturated carbocycles. The van der Waals surface area contributed by atoms with E-state index in [-0.39, 0.29) is 5.91 Å². The molecule has 0 aromatic rings. The van der Waals surface area contributed by atoms with Gasteiger partial charge in [-0.3, -0.25) is 4.79 Å². The van der Waals surface area contributed by atoms with Gasteiger partial charge in [0.2, 0.25) is 5.91 Å². The average molecular weight is 142 g/mol. The van der Waals surface area contributed by atoms with Crippen molar-refractivity contribution in [2.45, 2.75) is 19.9 Å². The summed E-state index contributed by atoms with van der Waals surface area (Å²) in [6.45, 7) is 6.41. The van der Waals surface area contributed by atoms with Gasteiger partial charge in [-0.2, -0.15) is 0 Å². The standard InChI is InChI=1S/C7H14N2O/c1-6-5-8-3-4-9(6)7(2)10/h6,8H,3-5H2,1-2H3/t6-/m0/s1. The molecule has 3 heteroatoms. The smallest absolute Gasteiger partial charge is 0.219 e. The van der Waals surface area contributed by atoms with E-state index in [1.807, 2.05) is 4.90 Å². The summed E-state index contributed by atoms with van der Waals surface area (Å²) in [5, 5.41) is 3.23. The first kappa shape index (κ1) is 7.54. The summed E-state index contributed by atoms with van der Waals surface area (Å²) in [5.41, 5.74) is 0. The third-order valence-corrected chi connectivity index (χ3v) is 1.91. The van der Waals surface area contributed by atoms with Gasteiger partial charge in [0, 0.05) is 32.6 Å². The van der Waals surface area contributed by atoms with Gasteiger partial charge in [-0.25, -0.2) is 0 Å². The first-order chi connectivity index (χ1) is 4.72. The molecule has 0 aliphatic carbocycles. The highest BCUT2D eigenvalue weighted by molar-refractivity contribution is 5.73. The fourth-order valence-electron chi connectivity index (χ4n) is 1.31. The van der Waals surface area contributed by atoms with E-state index < -0.39 is 0 Å². The van der Waals surface area contributed by atoms with Gasteiger partial charge in [0.25, 0.3) is 0 Å². The van der Waals surface area contributed by atoms with Crippen LogP contribution >= 0.6 is 0 Å². The van der Waals surface area contributed by atoms with Crippen LogP contribution in [0.5, 0.6) is 0 Å². The summed E-state index contributed by atoms with van der Waals surface area (Å²) < 4.78 is 0. The minimum absolute atomic E-state index is 0.189. The van der Waals surface area contributed by atoms with Gasteiger partial charge in [-0.1, -0.05) is 0 Å². The van der Waals surface area contributed by atoms with Gasteiger partial charge in [0.15, 0.2) is 0 Å². The first-order valence-electron chi connectivity index (χ1n) is 3.69. The lowest BCUT2D eigenvalue weighted by atomic mass is 10.2. The van der Waals surface area contributed by atoms with E-state index in [0.29, 0.717) is 6.04 Å². The second kappa shape index (κ2) is 3.01. The number of nitrogens with zero attached hydrogens (tertiary/aromatic N) is 1. The number of carbonyl (C=O) groups is 1. The summed E-state index contributed by atoms with van der Waals surface area (Å²) in [6.07, 6.45) is 0. The van der Waals surface area contributed by atoms with Crippen molar-refractivity contribution in [3.05, 3.63) is 0 Å². The predicted octanol–water partition coefficient (Wildman–Crippen LogP) is -0.173. The van der Waals surface area contributed by atoms with Crippen LogP contribution in [0.15, 0.2) is 0 Å². The van der Waals surface area contributed by atoms with Crippen LogP contribution in [0.25, 0.3) is 0 Å². The van der Waals surface area contributed by atoms with Gasteiger partial charge in [-0.05, 0) is 6.92 Å². The monoisotopic (exact) mass is 142 g/mol. The van der Waals surface area contributed by atoms with E-state index in [2.05, 4.69) is 12.2 Å². The Morgan fingerprint density at radius 3 is 2.80 bits per heavy atom. The van der Waals surface area contributed by atoms with Crippen molar-refractivity contribution in [3.63, 3.8) is 0 Å². The molecule has 1 N–H and O–H groups in total. The van der Waals surface area contributed by atoms with E-state index in [0.717, 1.165) is 19.6 Å². The summed E-state index contributed by atoms with van der Waals surface area (Å²) in [5.74, 6) is 0.189. The third-order valence-electron chi connectivity index (χ3n) is 1.91. The molecule has 1 saturated heterocycles. The molecular formula is C7H14N2O. The van der Waals surface area contributed by atoms with Crippen molar-refractivity contribution in [3.8, 4) is 0 Å². The van der Waals surface area contributed by atoms with Crippen LogP contribution in [0.3, 0.4) is 0 Å². The molecule has 0 aromatic heterocycles. The lowest BCUT2D eigenvalue weighted by Gasteiger charge is -2.32. The topological polar surface area (TPSA) is 32.3 Å². The second-order valence-corrected chi connectivity index (χ2v) is 2.77. The number of rotatable bonds is 0. The van der Waals surface area contributed by atoms with Gasteiger partial charge in [-0.15, -0.1) is 0 Å². The number of piperazine rings is 1. The molecule has 0 aromatic carbocycles. The quantitative estimate of drug-likeness (QED) is 0.509. The number of hydrogen-bond donors (Lipinski definition) is 1. The maximum Gasteiger partial charge on any atom is 0.219 e. The molecule has 0 bridgehead atoms. The van der Waals surface area contributed by atoms with E-state index in [1.54, 1.807) is 6.92 Å². The van der Waals surface area contributed by atoms with Crippen molar-refractivity contribution in [2.75, 3.05) is 19.6 Å². The number of amides is 1. The van der Waals surface area contributed by atoms with Crippen LogP contribution in [-0.4, -0.2) is 36.5 Å². The van der Waals surface area contributed by atoms with E-state index >= 15 is 0 Å². The van der Waals surface area contributed by atoms with Crippen LogP contribution in [0, 0.1) is 0 Å². The highest BCUT2D eigenvalue weighted by Gasteiger charge is 2.18. The fraction of sp³-hybridized carbons (Fsp3) is 0.857. The summed E-state index contributed by atoms with van der Waals surface area (Å²) in [4.78, 5) is 12.8. The summed E-state index contributed by atoms with van der Waals surface area (Å²) in [7, 11) is 0. The largest absolute Gasteiger partial charge is 0.338 e. The summed E-state index contributed by atoms with van der Waals surface area (Å²) in [6, 6.07) is 0.367. The normalized spacial score (nSPS) is 26.6. The predicted molar refractivity (Wildman–Crippen MR) is 39.7 cm³/mol. The molecule has 1 aliphatic rings. The molecule has 10 heavy (non-hydrogen) atoms. The van der Waals surface area contributed by atoms with E-state index in [1.165, 1.54) is 0 Å². The molecule has 1 rings (SSSR count). The van der Waals surface area contributed by atoms with Crippen LogP contribution in [0.1, 0.15) is 13.8 Å². The Labute approximate surface area is 61.4 Å². The van der Waals surface area contributed by atoms with Crippen molar-refractivity contribution in [1.29, 1.82) is 0 Å². The molecule has 58 valence electrons. The average Bonchev–Trinajstić information content (AvgIpc) is 1.88. The van der Waals surface area contributed by atoms with Gasteiger partial charge in [0.05, 0.1) is 0 Å². The lowest BCUT2D eigenvalue weighted by molar-refractivity contribution is -0.131. The third kappa shape index (κ3) is 1.48. The Kier molecular flexibility index (Phi) is 2.27. The zero-order valence-corrected chi connectivity index (χ0v) is 6.55. The molecule has 1 aliphatic heterocycles. The number of carbonyl (C=O) groups excluding carboxylic acids is 1. The summed E-state index contributed by atoms with van der Waals surface area (Å²) >= 11 is 0. The highest BCUT2D eigenvalue weighted by Crippen LogP contribution is 2.01. The molecule has 1 fully saturated rings. The Bertz CT molecular complexity index is 136. The Morgan fingerprint density at radius 2 is 2.40 bits per heavy atom. The van der Waals surface area contributed by atoms with Crippen LogP contribution in [-0.2, 0) is 4.79 Å². The van der Waals surface area contributed by atoms with Gasteiger partial charge >= 0.3 is 0 Å². The molecule has 0 radical (unpaired) electrons. The Morgan fingerprint density at radius 1 is 1.70 bits per heavy atom. The minimum Gasteiger partial charge on any atom is -0.338 e. The first-order valence-corrected chi connectivity index (χ1v) is 3.69. The fourth-order valence-corrected chi connectivity index (χ4v) is 1.31. The maximum absolute atomic E-state index is 10.9. The van der Waals surface area contributed by atoms with Crippen molar-refractivity contribution in [1.82, 2.24) is 10.2 Å². The number of nitrogens with one attached hydrogen (secondary N) is 1. The molecule has 1 heterocycles. The molecule has 0 unspecified atom stereocenters. The minimum atomic E-state index is 0.189. The zero-order valence-electron chi connectivity index (χ0n) is 6.55. The van der Waals surface area contributed by atoms with Crippen molar-refractivity contribution < 1.29 is 4.79 Å². The Hall–Kier alpha value is -0.570. The zero-order chi connectivity index (χ0) is 7.56. The molecule has 0 spiro atoms. The lowest BCUT2D eigenvalue weighted by Crippen LogP contribution is -2.51. The van der Waals surface area contributed by atoms with Crippen LogP contribution in [0.2, 0.25) is 0 Å². The Balaban J connectivity index is 2.47. The van der Waals surface area contributed by atoms with Crippen LogP contribution in [0.4, 0.5) is 0 Å². The molecule has 1 amide bonds. The van der Waals surface area contributed by atoms with Crippen molar-refractivity contribution in [2.24, 2.45) is 0 Å². The SMILES string of the molecule is CC(=O)N1CCNC[C@@H]1C. The van der Waals surface area contributed by atoms with Crippen LogP contribution < -0.4 is 5.32 Å². The number of hydrogen-bond acceptors (Lipinski definition) is 2. The van der Waals surface area contributed by atoms with E-state index in [4.69, 9.17) is 0 Å². The van der Waals surface area contributed by atoms with E-state index in [9.17, 15) is 4.79 Å². The van der Waals surface area contributed by atoms with Gasteiger partial charge < -0.3 is 10.2 Å². The molecular weight excluding hydrogens is 128 g/mol. The molecule has 1 atom stereocenters. The highest BCUT2D eigenvalue weighted by atomic mass is 16.2.